The van der Waals surface area contributed by atoms with Crippen LogP contribution in [0.5, 0.6) is 0 Å². The third kappa shape index (κ3) is 5.13. The Bertz CT molecular complexity index is 446. The van der Waals surface area contributed by atoms with Crippen molar-refractivity contribution in [1.82, 2.24) is 14.3 Å². The number of carbonyl (C=O) groups excluding carboxylic acids is 1. The van der Waals surface area contributed by atoms with Gasteiger partial charge in [0.2, 0.25) is 5.91 Å². The summed E-state index contributed by atoms with van der Waals surface area (Å²) in [5.74, 6) is -1.53. The molecule has 110 valence electrons. The van der Waals surface area contributed by atoms with Crippen molar-refractivity contribution >= 4 is 22.1 Å². The van der Waals surface area contributed by atoms with Crippen LogP contribution in [0.2, 0.25) is 0 Å². The van der Waals surface area contributed by atoms with Crippen LogP contribution in [0.1, 0.15) is 26.7 Å². The number of nitrogens with zero attached hydrogens (tertiary/aromatic N) is 1. The van der Waals surface area contributed by atoms with E-state index in [4.69, 9.17) is 5.11 Å². The van der Waals surface area contributed by atoms with Crippen molar-refractivity contribution in [3.05, 3.63) is 0 Å². The normalized spacial score (nSPS) is 17.2. The number of hydrogen-bond donors (Lipinski definition) is 3. The predicted octanol–water partition coefficient (Wildman–Crippen LogP) is -1.11. The first-order valence-corrected chi connectivity index (χ1v) is 7.44. The van der Waals surface area contributed by atoms with Crippen molar-refractivity contribution in [2.24, 2.45) is 0 Å². The number of nitrogens with one attached hydrogen (secondary N) is 2. The van der Waals surface area contributed by atoms with Gasteiger partial charge in [-0.25, -0.2) is 0 Å². The first-order valence-electron chi connectivity index (χ1n) is 6.00. The van der Waals surface area contributed by atoms with Gasteiger partial charge >= 0.3 is 5.97 Å². The Morgan fingerprint density at radius 2 is 2.00 bits per heavy atom. The number of aliphatic carboxylic acids is 1. The molecule has 0 bridgehead atoms. The zero-order valence-electron chi connectivity index (χ0n) is 10.9. The molecule has 1 unspecified atom stereocenters. The van der Waals surface area contributed by atoms with Crippen molar-refractivity contribution in [3.8, 4) is 0 Å². The number of carboxylic acid groups (broad SMARTS) is 1. The minimum Gasteiger partial charge on any atom is -0.480 e. The topological polar surface area (TPSA) is 116 Å². The van der Waals surface area contributed by atoms with Gasteiger partial charge in [-0.3, -0.25) is 9.59 Å². The lowest BCUT2D eigenvalue weighted by Gasteiger charge is -2.25. The minimum atomic E-state index is -3.85. The van der Waals surface area contributed by atoms with E-state index in [2.05, 4.69) is 10.0 Å². The van der Waals surface area contributed by atoms with E-state index in [1.54, 1.807) is 0 Å². The van der Waals surface area contributed by atoms with Gasteiger partial charge in [0.15, 0.2) is 0 Å². The van der Waals surface area contributed by atoms with E-state index in [0.29, 0.717) is 0 Å². The molecule has 1 aliphatic carbocycles. The van der Waals surface area contributed by atoms with Crippen LogP contribution in [0.4, 0.5) is 0 Å². The molecular formula is C10H19N3O5S. The standard InChI is InChI=1S/C10H19N3O5S/c1-7(10(15)16)13(6-5-11-8(2)14)19(17,18)12-9-3-4-9/h7,9,12H,3-6H2,1-2H3,(H,11,14)(H,15,16). The molecule has 1 fully saturated rings. The summed E-state index contributed by atoms with van der Waals surface area (Å²) in [5, 5.41) is 11.4. The summed E-state index contributed by atoms with van der Waals surface area (Å²) >= 11 is 0. The summed E-state index contributed by atoms with van der Waals surface area (Å²) in [6.45, 7) is 2.58. The number of hydrogen-bond acceptors (Lipinski definition) is 4. The third-order valence-electron chi connectivity index (χ3n) is 2.70. The van der Waals surface area contributed by atoms with E-state index in [1.165, 1.54) is 13.8 Å². The average Bonchev–Trinajstić information content (AvgIpc) is 3.05. The van der Waals surface area contributed by atoms with E-state index >= 15 is 0 Å². The van der Waals surface area contributed by atoms with E-state index in [-0.39, 0.29) is 25.0 Å². The van der Waals surface area contributed by atoms with Crippen LogP contribution in [0.25, 0.3) is 0 Å². The largest absolute Gasteiger partial charge is 0.480 e. The lowest BCUT2D eigenvalue weighted by atomic mass is 10.3. The van der Waals surface area contributed by atoms with Crippen LogP contribution in [-0.2, 0) is 19.8 Å². The van der Waals surface area contributed by atoms with Gasteiger partial charge in [-0.05, 0) is 19.8 Å². The molecular weight excluding hydrogens is 274 g/mol. The van der Waals surface area contributed by atoms with Crippen molar-refractivity contribution in [2.75, 3.05) is 13.1 Å². The fourth-order valence-corrected chi connectivity index (χ4v) is 3.10. The Morgan fingerprint density at radius 1 is 1.42 bits per heavy atom. The molecule has 1 saturated carbocycles. The smallest absolute Gasteiger partial charge is 0.321 e. The van der Waals surface area contributed by atoms with E-state index < -0.39 is 22.2 Å². The van der Waals surface area contributed by atoms with E-state index in [9.17, 15) is 18.0 Å². The molecule has 0 saturated heterocycles. The first-order chi connectivity index (χ1) is 8.74. The van der Waals surface area contributed by atoms with E-state index in [0.717, 1.165) is 17.1 Å². The Labute approximate surface area is 112 Å². The molecule has 0 heterocycles. The third-order valence-corrected chi connectivity index (χ3v) is 4.44. The molecule has 0 spiro atoms. The summed E-state index contributed by atoms with van der Waals surface area (Å²) in [6, 6.07) is -1.29. The fourth-order valence-electron chi connectivity index (χ4n) is 1.47. The first kappa shape index (κ1) is 15.9. The molecule has 9 heteroatoms. The molecule has 3 N–H and O–H groups in total. The van der Waals surface area contributed by atoms with Gasteiger partial charge in [-0.15, -0.1) is 0 Å². The quantitative estimate of drug-likeness (QED) is 0.525. The van der Waals surface area contributed by atoms with Crippen molar-refractivity contribution in [1.29, 1.82) is 0 Å². The molecule has 1 rings (SSSR count). The average molecular weight is 293 g/mol. The maximum absolute atomic E-state index is 12.0. The Morgan fingerprint density at radius 3 is 2.42 bits per heavy atom. The molecule has 0 aromatic carbocycles. The van der Waals surface area contributed by atoms with Crippen LogP contribution in [-0.4, -0.2) is 54.9 Å². The second-order valence-corrected chi connectivity index (χ2v) is 6.16. The van der Waals surface area contributed by atoms with Crippen LogP contribution >= 0.6 is 0 Å². The van der Waals surface area contributed by atoms with Crippen molar-refractivity contribution < 1.29 is 23.1 Å². The van der Waals surface area contributed by atoms with Gasteiger partial charge < -0.3 is 10.4 Å². The highest BCUT2D eigenvalue weighted by molar-refractivity contribution is 7.87. The van der Waals surface area contributed by atoms with Gasteiger partial charge in [0.1, 0.15) is 6.04 Å². The zero-order valence-corrected chi connectivity index (χ0v) is 11.7. The predicted molar refractivity (Wildman–Crippen MR) is 67.6 cm³/mol. The second-order valence-electron chi connectivity index (χ2n) is 4.51. The van der Waals surface area contributed by atoms with Crippen LogP contribution in [0.15, 0.2) is 0 Å². The van der Waals surface area contributed by atoms with Crippen LogP contribution < -0.4 is 10.0 Å². The highest BCUT2D eigenvalue weighted by atomic mass is 32.2. The Balaban J connectivity index is 2.72. The molecule has 1 amide bonds. The maximum atomic E-state index is 12.0. The molecule has 8 nitrogen and oxygen atoms in total. The highest BCUT2D eigenvalue weighted by Crippen LogP contribution is 2.21. The van der Waals surface area contributed by atoms with Gasteiger partial charge in [-0.1, -0.05) is 0 Å². The second kappa shape index (κ2) is 6.31. The Kier molecular flexibility index (Phi) is 5.27. The number of carbonyl (C=O) groups is 2. The van der Waals surface area contributed by atoms with E-state index in [1.807, 2.05) is 0 Å². The summed E-state index contributed by atoms with van der Waals surface area (Å²) in [7, 11) is -3.85. The fraction of sp³-hybridized carbons (Fsp3) is 0.800. The van der Waals surface area contributed by atoms with Gasteiger partial charge in [0.25, 0.3) is 10.2 Å². The highest BCUT2D eigenvalue weighted by Gasteiger charge is 2.35. The molecule has 0 aromatic heterocycles. The van der Waals surface area contributed by atoms with Gasteiger partial charge in [-0.2, -0.15) is 17.4 Å². The molecule has 1 aliphatic rings. The number of carboxylic acids is 1. The summed E-state index contributed by atoms with van der Waals surface area (Å²) < 4.78 is 27.4. The van der Waals surface area contributed by atoms with Crippen LogP contribution in [0, 0.1) is 0 Å². The molecule has 0 radical (unpaired) electrons. The Hall–Kier alpha value is -1.19. The van der Waals surface area contributed by atoms with Crippen molar-refractivity contribution in [2.45, 2.75) is 38.8 Å². The maximum Gasteiger partial charge on any atom is 0.321 e. The van der Waals surface area contributed by atoms with Gasteiger partial charge in [0, 0.05) is 26.1 Å². The lowest BCUT2D eigenvalue weighted by molar-refractivity contribution is -0.140. The monoisotopic (exact) mass is 293 g/mol. The van der Waals surface area contributed by atoms with Crippen LogP contribution in [0.3, 0.4) is 0 Å². The molecule has 1 atom stereocenters. The molecule has 0 aliphatic heterocycles. The van der Waals surface area contributed by atoms with Gasteiger partial charge in [0.05, 0.1) is 0 Å². The summed E-state index contributed by atoms with van der Waals surface area (Å²) in [5.41, 5.74) is 0. The minimum absolute atomic E-state index is 0.0680. The lowest BCUT2D eigenvalue weighted by Crippen LogP contribution is -2.51. The van der Waals surface area contributed by atoms with Crippen molar-refractivity contribution in [3.63, 3.8) is 0 Å². The number of amides is 1. The zero-order chi connectivity index (χ0) is 14.6. The number of rotatable bonds is 8. The SMILES string of the molecule is CC(=O)NCCN(C(C)C(=O)O)S(=O)(=O)NC1CC1. The molecule has 19 heavy (non-hydrogen) atoms. The summed E-state index contributed by atoms with van der Waals surface area (Å²) in [4.78, 5) is 21.7. The summed E-state index contributed by atoms with van der Waals surface area (Å²) in [6.07, 6.45) is 1.53. The molecule has 0 aromatic rings.